The van der Waals surface area contributed by atoms with Gasteiger partial charge in [-0.15, -0.1) is 0 Å². The molecule has 0 spiro atoms. The summed E-state index contributed by atoms with van der Waals surface area (Å²) in [6.45, 7) is 2.88. The molecule has 12 heavy (non-hydrogen) atoms. The Balaban J connectivity index is 2.15. The van der Waals surface area contributed by atoms with E-state index < -0.39 is 0 Å². The van der Waals surface area contributed by atoms with Crippen molar-refractivity contribution in [1.82, 2.24) is 0 Å². The van der Waals surface area contributed by atoms with Crippen molar-refractivity contribution in [3.05, 3.63) is 0 Å². The van der Waals surface area contributed by atoms with Gasteiger partial charge in [-0.05, 0) is 31.1 Å². The van der Waals surface area contributed by atoms with Crippen LogP contribution >= 0.6 is 0 Å². The maximum absolute atomic E-state index is 9.81. The van der Waals surface area contributed by atoms with E-state index in [4.69, 9.17) is 4.74 Å². The fourth-order valence-electron chi connectivity index (χ4n) is 1.72. The van der Waals surface area contributed by atoms with Gasteiger partial charge in [0, 0.05) is 13.7 Å². The minimum absolute atomic E-state index is 0.0890. The summed E-state index contributed by atoms with van der Waals surface area (Å²) in [5.74, 6) is 0.979. The zero-order valence-corrected chi connectivity index (χ0v) is 8.12. The first-order valence-electron chi connectivity index (χ1n) is 4.92. The van der Waals surface area contributed by atoms with E-state index in [2.05, 4.69) is 6.92 Å². The Labute approximate surface area is 74.9 Å². The molecular weight excluding hydrogens is 152 g/mol. The minimum atomic E-state index is -0.0890. The second kappa shape index (κ2) is 4.83. The number of hydrogen-bond acceptors (Lipinski definition) is 2. The van der Waals surface area contributed by atoms with E-state index in [0.717, 1.165) is 13.0 Å². The molecule has 0 aromatic carbocycles. The number of methoxy groups -OCH3 is 1. The van der Waals surface area contributed by atoms with Crippen LogP contribution in [-0.4, -0.2) is 24.9 Å². The summed E-state index contributed by atoms with van der Waals surface area (Å²) in [4.78, 5) is 0. The summed E-state index contributed by atoms with van der Waals surface area (Å²) in [7, 11) is 1.71. The van der Waals surface area contributed by atoms with Crippen LogP contribution in [-0.2, 0) is 4.74 Å². The minimum Gasteiger partial charge on any atom is -0.393 e. The van der Waals surface area contributed by atoms with Gasteiger partial charge < -0.3 is 9.84 Å². The maximum atomic E-state index is 9.81. The molecule has 0 heterocycles. The summed E-state index contributed by atoms with van der Waals surface area (Å²) in [6.07, 6.45) is 4.64. The molecule has 1 aliphatic carbocycles. The Morgan fingerprint density at radius 3 is 2.58 bits per heavy atom. The molecule has 0 aromatic rings. The predicted molar refractivity (Wildman–Crippen MR) is 49.0 cm³/mol. The highest BCUT2D eigenvalue weighted by Gasteiger charge is 2.28. The van der Waals surface area contributed by atoms with Gasteiger partial charge in [0.2, 0.25) is 0 Å². The Morgan fingerprint density at radius 2 is 2.17 bits per heavy atom. The number of aliphatic hydroxyl groups is 1. The van der Waals surface area contributed by atoms with Gasteiger partial charge in [-0.25, -0.2) is 0 Å². The van der Waals surface area contributed by atoms with Crippen molar-refractivity contribution < 1.29 is 9.84 Å². The first-order chi connectivity index (χ1) is 5.75. The molecule has 2 nitrogen and oxygen atoms in total. The van der Waals surface area contributed by atoms with Gasteiger partial charge in [-0.2, -0.15) is 0 Å². The van der Waals surface area contributed by atoms with Gasteiger partial charge in [0.1, 0.15) is 0 Å². The van der Waals surface area contributed by atoms with Crippen molar-refractivity contribution in [2.45, 2.75) is 38.7 Å². The van der Waals surface area contributed by atoms with Crippen LogP contribution in [0.4, 0.5) is 0 Å². The molecule has 0 amide bonds. The summed E-state index contributed by atoms with van der Waals surface area (Å²) in [5.41, 5.74) is 0. The van der Waals surface area contributed by atoms with Crippen LogP contribution < -0.4 is 0 Å². The second-order valence-electron chi connectivity index (χ2n) is 3.94. The molecule has 1 N–H and O–H groups in total. The lowest BCUT2D eigenvalue weighted by molar-refractivity contribution is 0.0100. The third kappa shape index (κ3) is 2.46. The van der Waals surface area contributed by atoms with Crippen molar-refractivity contribution in [2.75, 3.05) is 13.7 Å². The molecule has 0 saturated heterocycles. The molecule has 1 rings (SSSR count). The summed E-state index contributed by atoms with van der Waals surface area (Å²) >= 11 is 0. The largest absolute Gasteiger partial charge is 0.393 e. The molecule has 72 valence electrons. The Morgan fingerprint density at radius 1 is 1.50 bits per heavy atom. The van der Waals surface area contributed by atoms with E-state index in [9.17, 15) is 5.11 Å². The van der Waals surface area contributed by atoms with Gasteiger partial charge in [0.05, 0.1) is 6.10 Å². The van der Waals surface area contributed by atoms with Crippen LogP contribution in [0.1, 0.15) is 32.6 Å². The van der Waals surface area contributed by atoms with Gasteiger partial charge in [-0.1, -0.05) is 13.3 Å². The van der Waals surface area contributed by atoms with E-state index >= 15 is 0 Å². The van der Waals surface area contributed by atoms with Crippen LogP contribution in [0, 0.1) is 11.8 Å². The highest BCUT2D eigenvalue weighted by molar-refractivity contribution is 4.80. The average Bonchev–Trinajstić information content (AvgIpc) is 1.96. The number of aliphatic hydroxyl groups excluding tert-OH is 1. The lowest BCUT2D eigenvalue weighted by Crippen LogP contribution is -2.32. The molecule has 1 fully saturated rings. The Kier molecular flexibility index (Phi) is 4.02. The molecule has 0 aromatic heterocycles. The van der Waals surface area contributed by atoms with Gasteiger partial charge in [0.25, 0.3) is 0 Å². The van der Waals surface area contributed by atoms with E-state index in [1.54, 1.807) is 7.11 Å². The van der Waals surface area contributed by atoms with Gasteiger partial charge in [-0.3, -0.25) is 0 Å². The maximum Gasteiger partial charge on any atom is 0.0594 e. The fourth-order valence-corrected chi connectivity index (χ4v) is 1.72. The van der Waals surface area contributed by atoms with Crippen molar-refractivity contribution in [3.63, 3.8) is 0 Å². The number of rotatable bonds is 5. The van der Waals surface area contributed by atoms with E-state index in [-0.39, 0.29) is 6.10 Å². The second-order valence-corrected chi connectivity index (χ2v) is 3.94. The average molecular weight is 172 g/mol. The molecule has 2 heteroatoms. The molecule has 0 bridgehead atoms. The first-order valence-corrected chi connectivity index (χ1v) is 4.92. The lowest BCUT2D eigenvalue weighted by Gasteiger charge is -2.33. The summed E-state index contributed by atoms with van der Waals surface area (Å²) < 4.78 is 4.98. The smallest absolute Gasteiger partial charge is 0.0594 e. The third-order valence-corrected chi connectivity index (χ3v) is 2.99. The highest BCUT2D eigenvalue weighted by atomic mass is 16.5. The standard InChI is InChI=1S/C10H20O2/c1-8(6-7-12-2)10(11)9-4-3-5-9/h8-11H,3-7H2,1-2H3. The quantitative estimate of drug-likeness (QED) is 0.685. The zero-order valence-electron chi connectivity index (χ0n) is 8.12. The normalized spacial score (nSPS) is 23.2. The topological polar surface area (TPSA) is 29.5 Å². The lowest BCUT2D eigenvalue weighted by atomic mass is 9.76. The van der Waals surface area contributed by atoms with Crippen LogP contribution in [0.5, 0.6) is 0 Å². The van der Waals surface area contributed by atoms with Crippen molar-refractivity contribution in [3.8, 4) is 0 Å². The Bertz CT molecular complexity index is 121. The van der Waals surface area contributed by atoms with E-state index in [1.165, 1.54) is 19.3 Å². The highest BCUT2D eigenvalue weighted by Crippen LogP contribution is 2.33. The number of hydrogen-bond donors (Lipinski definition) is 1. The van der Waals surface area contributed by atoms with Crippen LogP contribution in [0.3, 0.4) is 0 Å². The molecule has 0 aliphatic heterocycles. The third-order valence-electron chi connectivity index (χ3n) is 2.99. The summed E-state index contributed by atoms with van der Waals surface area (Å²) in [5, 5.41) is 9.81. The van der Waals surface area contributed by atoms with Crippen molar-refractivity contribution in [2.24, 2.45) is 11.8 Å². The molecule has 2 atom stereocenters. The monoisotopic (exact) mass is 172 g/mol. The molecule has 2 unspecified atom stereocenters. The first kappa shape index (κ1) is 10.0. The van der Waals surface area contributed by atoms with Gasteiger partial charge >= 0.3 is 0 Å². The zero-order chi connectivity index (χ0) is 8.97. The van der Waals surface area contributed by atoms with Crippen molar-refractivity contribution >= 4 is 0 Å². The SMILES string of the molecule is COCCC(C)C(O)C1CCC1. The molecule has 1 aliphatic rings. The van der Waals surface area contributed by atoms with E-state index in [1.807, 2.05) is 0 Å². The van der Waals surface area contributed by atoms with E-state index in [0.29, 0.717) is 11.8 Å². The molecule has 0 radical (unpaired) electrons. The predicted octanol–water partition coefficient (Wildman–Crippen LogP) is 1.82. The summed E-state index contributed by atoms with van der Waals surface area (Å²) in [6, 6.07) is 0. The van der Waals surface area contributed by atoms with Crippen LogP contribution in [0.15, 0.2) is 0 Å². The Hall–Kier alpha value is -0.0800. The molecular formula is C10H20O2. The van der Waals surface area contributed by atoms with Gasteiger partial charge in [0.15, 0.2) is 0 Å². The van der Waals surface area contributed by atoms with Crippen LogP contribution in [0.25, 0.3) is 0 Å². The fraction of sp³-hybridized carbons (Fsp3) is 1.00. The molecule has 1 saturated carbocycles. The van der Waals surface area contributed by atoms with Crippen LogP contribution in [0.2, 0.25) is 0 Å². The van der Waals surface area contributed by atoms with Crippen molar-refractivity contribution in [1.29, 1.82) is 0 Å². The number of ether oxygens (including phenoxy) is 1.